The Morgan fingerprint density at radius 1 is 1.06 bits per heavy atom. The van der Waals surface area contributed by atoms with Gasteiger partial charge >= 0.3 is 12.1 Å². The van der Waals surface area contributed by atoms with Crippen LogP contribution in [0.3, 0.4) is 0 Å². The van der Waals surface area contributed by atoms with Crippen molar-refractivity contribution in [3.05, 3.63) is 82.0 Å². The van der Waals surface area contributed by atoms with Crippen molar-refractivity contribution in [1.82, 2.24) is 10.2 Å². The molecular weight excluding hydrogens is 464 g/mol. The van der Waals surface area contributed by atoms with Gasteiger partial charge in [0.15, 0.2) is 0 Å². The van der Waals surface area contributed by atoms with Gasteiger partial charge in [-0.05, 0) is 46.0 Å². The number of carboxylic acids is 1. The van der Waals surface area contributed by atoms with E-state index in [-0.39, 0.29) is 18.4 Å². The van der Waals surface area contributed by atoms with Crippen molar-refractivity contribution in [2.24, 2.45) is 5.92 Å². The van der Waals surface area contributed by atoms with Crippen molar-refractivity contribution in [1.29, 1.82) is 0 Å². The minimum absolute atomic E-state index is 0.0974. The van der Waals surface area contributed by atoms with Gasteiger partial charge in [-0.15, -0.1) is 11.3 Å². The molecule has 0 saturated carbocycles. The summed E-state index contributed by atoms with van der Waals surface area (Å²) in [5, 5.41) is 14.2. The number of nitrogens with one attached hydrogen (secondary N) is 1. The second-order valence-corrected chi connectivity index (χ2v) is 9.98. The van der Waals surface area contributed by atoms with Crippen LogP contribution in [0.4, 0.5) is 4.79 Å². The summed E-state index contributed by atoms with van der Waals surface area (Å²) in [6, 6.07) is 17.8. The van der Waals surface area contributed by atoms with E-state index in [1.54, 1.807) is 12.1 Å². The number of carboxylic acid groups (broad SMARTS) is 1. The highest BCUT2D eigenvalue weighted by Gasteiger charge is 2.42. The number of carbonyl (C=O) groups is 3. The summed E-state index contributed by atoms with van der Waals surface area (Å²) in [4.78, 5) is 40.1. The van der Waals surface area contributed by atoms with Crippen LogP contribution in [0, 0.1) is 5.92 Å². The van der Waals surface area contributed by atoms with Gasteiger partial charge in [0.2, 0.25) is 0 Å². The van der Waals surface area contributed by atoms with Crippen LogP contribution in [0.2, 0.25) is 0 Å². The predicted molar refractivity (Wildman–Crippen MR) is 132 cm³/mol. The number of alkyl carbamates (subject to hydrolysis) is 1. The lowest BCUT2D eigenvalue weighted by molar-refractivity contribution is -0.150. The van der Waals surface area contributed by atoms with Crippen molar-refractivity contribution in [2.45, 2.75) is 31.3 Å². The molecule has 0 radical (unpaired) electrons. The maximum absolute atomic E-state index is 13.4. The Labute approximate surface area is 207 Å². The number of nitrogens with zero attached hydrogens (tertiary/aromatic N) is 1. The number of aliphatic carboxylic acids is 1. The van der Waals surface area contributed by atoms with E-state index in [9.17, 15) is 19.5 Å². The first-order chi connectivity index (χ1) is 17.0. The van der Waals surface area contributed by atoms with E-state index >= 15 is 0 Å². The van der Waals surface area contributed by atoms with E-state index in [2.05, 4.69) is 17.4 Å². The SMILES string of the molecule is CC1CCN(C(=O)C(NC(=O)OCC2c3ccccc3-c3ccccc32)c2cccs2)C1C(=O)O. The summed E-state index contributed by atoms with van der Waals surface area (Å²) < 4.78 is 5.64. The monoisotopic (exact) mass is 490 g/mol. The number of carbonyl (C=O) groups excluding carboxylic acids is 2. The molecule has 3 atom stereocenters. The van der Waals surface area contributed by atoms with Gasteiger partial charge in [-0.25, -0.2) is 9.59 Å². The summed E-state index contributed by atoms with van der Waals surface area (Å²) >= 11 is 1.33. The minimum Gasteiger partial charge on any atom is -0.480 e. The molecule has 2 aliphatic rings. The third-order valence-electron chi connectivity index (χ3n) is 6.92. The summed E-state index contributed by atoms with van der Waals surface area (Å²) in [5.74, 6) is -1.72. The zero-order chi connectivity index (χ0) is 24.5. The lowest BCUT2D eigenvalue weighted by Crippen LogP contribution is -2.48. The Bertz CT molecular complexity index is 1210. The summed E-state index contributed by atoms with van der Waals surface area (Å²) in [7, 11) is 0. The number of amides is 2. The first kappa shape index (κ1) is 23.1. The standard InChI is InChI=1S/C27H26N2O5S/c1-16-12-13-29(24(16)26(31)32)25(30)23(22-11-6-14-35-22)28-27(33)34-15-21-19-9-4-2-7-17(19)18-8-3-5-10-20(18)21/h2-11,14,16,21,23-24H,12-13,15H2,1H3,(H,28,33)(H,31,32). The number of fused-ring (bicyclic) bond motifs is 3. The van der Waals surface area contributed by atoms with Gasteiger partial charge in [0.05, 0.1) is 0 Å². The summed E-state index contributed by atoms with van der Waals surface area (Å²) in [6.45, 7) is 2.29. The largest absolute Gasteiger partial charge is 0.480 e. The highest BCUT2D eigenvalue weighted by Crippen LogP contribution is 2.44. The van der Waals surface area contributed by atoms with Gasteiger partial charge in [0.25, 0.3) is 5.91 Å². The van der Waals surface area contributed by atoms with Gasteiger partial charge in [-0.2, -0.15) is 0 Å². The Kier molecular flexibility index (Phi) is 6.30. The van der Waals surface area contributed by atoms with Gasteiger partial charge in [0, 0.05) is 17.3 Å². The molecule has 3 aromatic rings. The molecule has 180 valence electrons. The van der Waals surface area contributed by atoms with Crippen LogP contribution in [0.1, 0.15) is 41.3 Å². The predicted octanol–water partition coefficient (Wildman–Crippen LogP) is 4.65. The third-order valence-corrected chi connectivity index (χ3v) is 7.85. The van der Waals surface area contributed by atoms with Crippen LogP contribution in [-0.4, -0.2) is 47.2 Å². The molecule has 1 aliphatic carbocycles. The average molecular weight is 491 g/mol. The Hall–Kier alpha value is -3.65. The van der Waals surface area contributed by atoms with Crippen LogP contribution in [0.15, 0.2) is 66.0 Å². The van der Waals surface area contributed by atoms with Crippen molar-refractivity contribution in [2.75, 3.05) is 13.2 Å². The van der Waals surface area contributed by atoms with E-state index in [4.69, 9.17) is 4.74 Å². The quantitative estimate of drug-likeness (QED) is 0.524. The highest BCUT2D eigenvalue weighted by atomic mass is 32.1. The average Bonchev–Trinajstić information content (AvgIpc) is 3.59. The van der Waals surface area contributed by atoms with E-state index in [0.29, 0.717) is 17.8 Å². The second kappa shape index (κ2) is 9.54. The molecule has 0 spiro atoms. The van der Waals surface area contributed by atoms with Crippen LogP contribution < -0.4 is 5.32 Å². The summed E-state index contributed by atoms with van der Waals surface area (Å²) in [5.41, 5.74) is 4.46. The molecule has 1 fully saturated rings. The highest BCUT2D eigenvalue weighted by molar-refractivity contribution is 7.10. The molecular formula is C27H26N2O5S. The Morgan fingerprint density at radius 2 is 1.71 bits per heavy atom. The van der Waals surface area contributed by atoms with Crippen molar-refractivity contribution < 1.29 is 24.2 Å². The Morgan fingerprint density at radius 3 is 2.31 bits per heavy atom. The maximum atomic E-state index is 13.4. The molecule has 2 N–H and O–H groups in total. The fraction of sp³-hybridized carbons (Fsp3) is 0.296. The zero-order valence-corrected chi connectivity index (χ0v) is 20.0. The fourth-order valence-corrected chi connectivity index (χ4v) is 5.97. The molecule has 0 bridgehead atoms. The fourth-order valence-electron chi connectivity index (χ4n) is 5.20. The molecule has 3 unspecified atom stereocenters. The molecule has 1 saturated heterocycles. The van der Waals surface area contributed by atoms with Crippen molar-refractivity contribution >= 4 is 29.3 Å². The number of hydrogen-bond donors (Lipinski definition) is 2. The van der Waals surface area contributed by atoms with Crippen LogP contribution in [-0.2, 0) is 14.3 Å². The number of hydrogen-bond acceptors (Lipinski definition) is 5. The molecule has 2 aromatic carbocycles. The molecule has 1 aliphatic heterocycles. The molecule has 7 nitrogen and oxygen atoms in total. The van der Waals surface area contributed by atoms with E-state index in [0.717, 1.165) is 22.3 Å². The second-order valence-electron chi connectivity index (χ2n) is 9.00. The van der Waals surface area contributed by atoms with Crippen molar-refractivity contribution in [3.8, 4) is 11.1 Å². The molecule has 1 aromatic heterocycles. The Balaban J connectivity index is 1.32. The number of thiophene rings is 1. The maximum Gasteiger partial charge on any atom is 0.408 e. The first-order valence-electron chi connectivity index (χ1n) is 11.6. The number of benzene rings is 2. The third kappa shape index (κ3) is 4.30. The van der Waals surface area contributed by atoms with Gasteiger partial charge in [-0.1, -0.05) is 61.5 Å². The lowest BCUT2D eigenvalue weighted by Gasteiger charge is -2.28. The van der Waals surface area contributed by atoms with Gasteiger partial charge in [-0.3, -0.25) is 4.79 Å². The molecule has 2 heterocycles. The van der Waals surface area contributed by atoms with Crippen LogP contribution in [0.5, 0.6) is 0 Å². The topological polar surface area (TPSA) is 95.9 Å². The number of ether oxygens (including phenoxy) is 1. The smallest absolute Gasteiger partial charge is 0.408 e. The minimum atomic E-state index is -1.03. The number of likely N-dealkylation sites (tertiary alicyclic amines) is 1. The zero-order valence-electron chi connectivity index (χ0n) is 19.2. The normalized spacial score (nSPS) is 19.6. The van der Waals surface area contributed by atoms with Gasteiger partial charge in [0.1, 0.15) is 18.7 Å². The molecule has 5 rings (SSSR count). The lowest BCUT2D eigenvalue weighted by atomic mass is 9.98. The summed E-state index contributed by atoms with van der Waals surface area (Å²) in [6.07, 6.45) is -0.108. The van der Waals surface area contributed by atoms with E-state index < -0.39 is 30.1 Å². The molecule has 8 heteroatoms. The molecule has 35 heavy (non-hydrogen) atoms. The van der Waals surface area contributed by atoms with Crippen molar-refractivity contribution in [3.63, 3.8) is 0 Å². The van der Waals surface area contributed by atoms with E-state index in [1.807, 2.05) is 48.7 Å². The van der Waals surface area contributed by atoms with E-state index in [1.165, 1.54) is 16.2 Å². The number of rotatable bonds is 6. The van der Waals surface area contributed by atoms with Crippen LogP contribution in [0.25, 0.3) is 11.1 Å². The van der Waals surface area contributed by atoms with Crippen LogP contribution >= 0.6 is 11.3 Å². The molecule has 2 amide bonds. The van der Waals surface area contributed by atoms with Gasteiger partial charge < -0.3 is 20.1 Å². The first-order valence-corrected chi connectivity index (χ1v) is 12.5.